The topological polar surface area (TPSA) is 12.9 Å². The Hall–Kier alpha value is -2.41. The molecule has 1 heterocycles. The summed E-state index contributed by atoms with van der Waals surface area (Å²) in [7, 11) is 0. The minimum absolute atomic E-state index is 0.941. The molecule has 1 nitrogen and oxygen atoms in total. The highest BCUT2D eigenvalue weighted by Crippen LogP contribution is 2.20. The predicted molar refractivity (Wildman–Crippen MR) is 90.2 cm³/mol. The molecule has 0 amide bonds. The van der Waals surface area contributed by atoms with Crippen molar-refractivity contribution >= 4 is 11.1 Å². The van der Waals surface area contributed by atoms with Crippen molar-refractivity contribution in [3.63, 3.8) is 0 Å². The molecular formula is C19H21N. The number of rotatable bonds is 6. The monoisotopic (exact) mass is 263 g/mol. The highest BCUT2D eigenvalue weighted by molar-refractivity contribution is 5.78. The molecule has 0 saturated heterocycles. The summed E-state index contributed by atoms with van der Waals surface area (Å²) in [5, 5.41) is 0. The first-order valence-corrected chi connectivity index (χ1v) is 6.64. The quantitative estimate of drug-likeness (QED) is 0.628. The van der Waals surface area contributed by atoms with Crippen LogP contribution in [0, 0.1) is 0 Å². The van der Waals surface area contributed by atoms with E-state index in [1.165, 1.54) is 0 Å². The molecular weight excluding hydrogens is 242 g/mol. The maximum absolute atomic E-state index is 4.43. The van der Waals surface area contributed by atoms with Crippen LogP contribution in [-0.2, 0) is 0 Å². The maximum Gasteiger partial charge on any atom is 0.0704 e. The smallest absolute Gasteiger partial charge is 0.0704 e. The lowest BCUT2D eigenvalue weighted by Crippen LogP contribution is -1.90. The van der Waals surface area contributed by atoms with Gasteiger partial charge in [0.2, 0.25) is 0 Å². The van der Waals surface area contributed by atoms with Crippen molar-refractivity contribution in [2.45, 2.75) is 13.8 Å². The molecule has 0 unspecified atom stereocenters. The fourth-order valence-electron chi connectivity index (χ4n) is 1.75. The molecule has 0 fully saturated rings. The van der Waals surface area contributed by atoms with Gasteiger partial charge in [-0.15, -0.1) is 0 Å². The van der Waals surface area contributed by atoms with Crippen molar-refractivity contribution in [1.82, 2.24) is 4.98 Å². The van der Waals surface area contributed by atoms with Crippen LogP contribution in [0.25, 0.3) is 11.1 Å². The normalized spacial score (nSPS) is 13.1. The van der Waals surface area contributed by atoms with Crippen molar-refractivity contribution in [3.8, 4) is 0 Å². The molecule has 1 rings (SSSR count). The van der Waals surface area contributed by atoms with Crippen LogP contribution in [-0.4, -0.2) is 4.98 Å². The van der Waals surface area contributed by atoms with E-state index in [4.69, 9.17) is 0 Å². The van der Waals surface area contributed by atoms with Gasteiger partial charge in [0.25, 0.3) is 0 Å². The molecule has 0 atom stereocenters. The first-order valence-electron chi connectivity index (χ1n) is 6.64. The van der Waals surface area contributed by atoms with Gasteiger partial charge in [0.05, 0.1) is 5.69 Å². The van der Waals surface area contributed by atoms with Crippen LogP contribution in [0.4, 0.5) is 0 Å². The third-order valence-electron chi connectivity index (χ3n) is 2.80. The lowest BCUT2D eigenvalue weighted by Gasteiger charge is -2.06. The fourth-order valence-corrected chi connectivity index (χ4v) is 1.75. The summed E-state index contributed by atoms with van der Waals surface area (Å²) < 4.78 is 0. The Morgan fingerprint density at radius 2 is 1.95 bits per heavy atom. The van der Waals surface area contributed by atoms with Crippen molar-refractivity contribution in [3.05, 3.63) is 91.4 Å². The number of hydrogen-bond donors (Lipinski definition) is 0. The van der Waals surface area contributed by atoms with Crippen LogP contribution in [0.15, 0.2) is 80.1 Å². The third-order valence-corrected chi connectivity index (χ3v) is 2.80. The molecule has 0 aromatic carbocycles. The second kappa shape index (κ2) is 8.65. The van der Waals surface area contributed by atoms with E-state index in [1.807, 2.05) is 68.6 Å². The van der Waals surface area contributed by atoms with Crippen molar-refractivity contribution in [2.24, 2.45) is 0 Å². The first-order chi connectivity index (χ1) is 9.76. The summed E-state index contributed by atoms with van der Waals surface area (Å²) in [5.74, 6) is 0. The van der Waals surface area contributed by atoms with Gasteiger partial charge in [-0.1, -0.05) is 61.8 Å². The zero-order valence-electron chi connectivity index (χ0n) is 12.2. The summed E-state index contributed by atoms with van der Waals surface area (Å²) in [5.41, 5.74) is 4.20. The Balaban J connectivity index is 3.21. The molecule has 1 aromatic heterocycles. The van der Waals surface area contributed by atoms with E-state index in [0.29, 0.717) is 0 Å². The molecule has 0 N–H and O–H groups in total. The summed E-state index contributed by atoms with van der Waals surface area (Å²) in [6.07, 6.45) is 17.4. The van der Waals surface area contributed by atoms with E-state index in [2.05, 4.69) is 24.2 Å². The molecule has 0 aliphatic heterocycles. The Labute approximate surface area is 122 Å². The van der Waals surface area contributed by atoms with Crippen molar-refractivity contribution in [1.29, 1.82) is 0 Å². The molecule has 1 heteroatoms. The molecule has 0 aliphatic carbocycles. The minimum atomic E-state index is 0.941. The summed E-state index contributed by atoms with van der Waals surface area (Å²) in [6.45, 7) is 11.6. The van der Waals surface area contributed by atoms with E-state index in [-0.39, 0.29) is 0 Å². The molecule has 102 valence electrons. The summed E-state index contributed by atoms with van der Waals surface area (Å²) >= 11 is 0. The molecule has 0 radical (unpaired) electrons. The maximum atomic E-state index is 4.43. The first kappa shape index (κ1) is 15.6. The van der Waals surface area contributed by atoms with E-state index >= 15 is 0 Å². The van der Waals surface area contributed by atoms with Crippen LogP contribution in [0.3, 0.4) is 0 Å². The molecule has 1 aromatic rings. The highest BCUT2D eigenvalue weighted by Gasteiger charge is 2.02. The van der Waals surface area contributed by atoms with E-state index < -0.39 is 0 Å². The van der Waals surface area contributed by atoms with Crippen molar-refractivity contribution in [2.75, 3.05) is 0 Å². The van der Waals surface area contributed by atoms with E-state index in [0.717, 1.165) is 22.4 Å². The Morgan fingerprint density at radius 1 is 1.15 bits per heavy atom. The lowest BCUT2D eigenvalue weighted by atomic mass is 10.0. The van der Waals surface area contributed by atoms with Crippen LogP contribution in [0.5, 0.6) is 0 Å². The van der Waals surface area contributed by atoms with E-state index in [1.54, 1.807) is 6.08 Å². The van der Waals surface area contributed by atoms with Crippen LogP contribution < -0.4 is 0 Å². The Kier molecular flexibility index (Phi) is 6.77. The van der Waals surface area contributed by atoms with Gasteiger partial charge < -0.3 is 0 Å². The van der Waals surface area contributed by atoms with Gasteiger partial charge in [0.15, 0.2) is 0 Å². The van der Waals surface area contributed by atoms with E-state index in [9.17, 15) is 0 Å². The van der Waals surface area contributed by atoms with Gasteiger partial charge in [-0.2, -0.15) is 0 Å². The average Bonchev–Trinajstić information content (AvgIpc) is 2.49. The Bertz CT molecular complexity index is 584. The SMILES string of the molecule is C=C/C=C\C(=C/C)c1cc(/C(C=C)=C/C=C\C)ccn1. The van der Waals surface area contributed by atoms with Crippen LogP contribution in [0.2, 0.25) is 0 Å². The van der Waals surface area contributed by atoms with Gasteiger partial charge >= 0.3 is 0 Å². The van der Waals surface area contributed by atoms with Crippen molar-refractivity contribution < 1.29 is 0 Å². The lowest BCUT2D eigenvalue weighted by molar-refractivity contribution is 1.27. The molecule has 20 heavy (non-hydrogen) atoms. The second-order valence-electron chi connectivity index (χ2n) is 4.12. The number of nitrogens with zero attached hydrogens (tertiary/aromatic N) is 1. The predicted octanol–water partition coefficient (Wildman–Crippen LogP) is 5.37. The largest absolute Gasteiger partial charge is 0.256 e. The fraction of sp³-hybridized carbons (Fsp3) is 0.105. The van der Waals surface area contributed by atoms with Gasteiger partial charge in [-0.25, -0.2) is 0 Å². The number of pyridine rings is 1. The zero-order valence-corrected chi connectivity index (χ0v) is 12.2. The minimum Gasteiger partial charge on any atom is -0.256 e. The molecule has 0 aliphatic rings. The van der Waals surface area contributed by atoms with Crippen LogP contribution in [0.1, 0.15) is 25.1 Å². The standard InChI is InChI=1S/C19H21N/c1-5-9-11-16(7-3)18-13-14-20-19(15-18)17(8-4)12-10-6-2/h5-15H,2-3H2,1,4H3/b9-5-,12-10-,16-11+,17-8+. The van der Waals surface area contributed by atoms with Gasteiger partial charge in [-0.3, -0.25) is 4.98 Å². The zero-order chi connectivity index (χ0) is 14.8. The number of hydrogen-bond acceptors (Lipinski definition) is 1. The number of allylic oxidation sites excluding steroid dienone is 10. The summed E-state index contributed by atoms with van der Waals surface area (Å²) in [4.78, 5) is 4.43. The molecule has 0 bridgehead atoms. The summed E-state index contributed by atoms with van der Waals surface area (Å²) in [6, 6.07) is 4.06. The third kappa shape index (κ3) is 4.36. The highest BCUT2D eigenvalue weighted by atomic mass is 14.7. The number of aromatic nitrogens is 1. The van der Waals surface area contributed by atoms with Gasteiger partial charge in [0, 0.05) is 6.20 Å². The van der Waals surface area contributed by atoms with Gasteiger partial charge in [0.1, 0.15) is 0 Å². The second-order valence-corrected chi connectivity index (χ2v) is 4.12. The average molecular weight is 263 g/mol. The van der Waals surface area contributed by atoms with Crippen LogP contribution >= 0.6 is 0 Å². The molecule has 0 spiro atoms. The molecule has 0 saturated carbocycles. The van der Waals surface area contributed by atoms with Gasteiger partial charge in [-0.05, 0) is 42.7 Å². The Morgan fingerprint density at radius 3 is 2.55 bits per heavy atom.